The number of amides is 2. The Morgan fingerprint density at radius 2 is 1.70 bits per heavy atom. The zero-order chi connectivity index (χ0) is 14.9. The van der Waals surface area contributed by atoms with Crippen LogP contribution < -0.4 is 0 Å². The van der Waals surface area contributed by atoms with Crippen molar-refractivity contribution in [3.8, 4) is 0 Å². The summed E-state index contributed by atoms with van der Waals surface area (Å²) in [6.07, 6.45) is 6.49. The van der Waals surface area contributed by atoms with Crippen molar-refractivity contribution >= 4 is 11.8 Å². The number of rotatable bonds is 7. The zero-order valence-electron chi connectivity index (χ0n) is 12.8. The van der Waals surface area contributed by atoms with Gasteiger partial charge in [-0.05, 0) is 44.1 Å². The highest BCUT2D eigenvalue weighted by molar-refractivity contribution is 5.92. The quantitative estimate of drug-likeness (QED) is 0.670. The minimum atomic E-state index is -0.346. The lowest BCUT2D eigenvalue weighted by atomic mass is 10.0. The van der Waals surface area contributed by atoms with Crippen LogP contribution in [0.2, 0.25) is 0 Å². The minimum Gasteiger partial charge on any atom is -0.335 e. The molecule has 1 atom stereocenters. The predicted octanol–water partition coefficient (Wildman–Crippen LogP) is 2.20. The number of hydrogen-bond acceptors (Lipinski definition) is 2. The summed E-state index contributed by atoms with van der Waals surface area (Å²) in [5.41, 5.74) is 0. The first-order valence-corrected chi connectivity index (χ1v) is 7.67. The summed E-state index contributed by atoms with van der Waals surface area (Å²) in [5.74, 6) is 0.348. The third kappa shape index (κ3) is 3.41. The lowest BCUT2D eigenvalue weighted by Crippen LogP contribution is -2.51. The smallest absolute Gasteiger partial charge is 0.246 e. The molecule has 2 fully saturated rings. The third-order valence-corrected chi connectivity index (χ3v) is 4.10. The average Bonchev–Trinajstić information content (AvgIpc) is 3.27. The van der Waals surface area contributed by atoms with E-state index >= 15 is 0 Å². The van der Waals surface area contributed by atoms with E-state index in [2.05, 4.69) is 25.3 Å². The molecule has 4 nitrogen and oxygen atoms in total. The molecule has 2 aliphatic carbocycles. The van der Waals surface area contributed by atoms with Crippen molar-refractivity contribution in [3.05, 3.63) is 12.7 Å². The molecule has 4 heteroatoms. The highest BCUT2D eigenvalue weighted by atomic mass is 16.2. The summed E-state index contributed by atoms with van der Waals surface area (Å²) in [6, 6.07) is 0.510. The van der Waals surface area contributed by atoms with Gasteiger partial charge in [0.05, 0.1) is 0 Å². The molecule has 0 aliphatic heterocycles. The van der Waals surface area contributed by atoms with Gasteiger partial charge >= 0.3 is 0 Å². The van der Waals surface area contributed by atoms with Crippen LogP contribution in [0.25, 0.3) is 0 Å². The summed E-state index contributed by atoms with van der Waals surface area (Å²) >= 11 is 0. The molecule has 2 amide bonds. The number of carbonyl (C=O) groups is 2. The Labute approximate surface area is 121 Å². The SMILES string of the molecule is C=CC(=O)N(C)[C@@H](CC(C)C)C(=O)N(C1CC1)C1CC1. The molecule has 2 saturated carbocycles. The first kappa shape index (κ1) is 15.1. The van der Waals surface area contributed by atoms with Gasteiger partial charge in [0.15, 0.2) is 0 Å². The fraction of sp³-hybridized carbons (Fsp3) is 0.750. The Balaban J connectivity index is 2.13. The van der Waals surface area contributed by atoms with Gasteiger partial charge < -0.3 is 9.80 Å². The number of carbonyl (C=O) groups excluding carboxylic acids is 2. The predicted molar refractivity (Wildman–Crippen MR) is 79.1 cm³/mol. The van der Waals surface area contributed by atoms with Crippen LogP contribution in [-0.4, -0.2) is 46.8 Å². The molecular formula is C16H26N2O2. The van der Waals surface area contributed by atoms with Gasteiger partial charge in [-0.1, -0.05) is 20.4 Å². The molecule has 112 valence electrons. The van der Waals surface area contributed by atoms with Gasteiger partial charge in [-0.15, -0.1) is 0 Å². The Bertz CT molecular complexity index is 385. The van der Waals surface area contributed by atoms with Crippen LogP contribution in [0.1, 0.15) is 46.0 Å². The van der Waals surface area contributed by atoms with Gasteiger partial charge in [-0.2, -0.15) is 0 Å². The molecule has 0 aromatic carbocycles. The standard InChI is InChI=1S/C16H26N2O2/c1-5-15(19)17(4)14(10-11(2)3)16(20)18(12-6-7-12)13-8-9-13/h5,11-14H,1,6-10H2,2-4H3/t14-/m0/s1. The fourth-order valence-corrected chi connectivity index (χ4v) is 2.70. The monoisotopic (exact) mass is 278 g/mol. The van der Waals surface area contributed by atoms with Crippen LogP contribution in [0.4, 0.5) is 0 Å². The van der Waals surface area contributed by atoms with E-state index in [1.807, 2.05) is 0 Å². The van der Waals surface area contributed by atoms with Crippen LogP contribution in [0, 0.1) is 5.92 Å². The number of hydrogen-bond donors (Lipinski definition) is 0. The normalized spacial score (nSPS) is 19.6. The van der Waals surface area contributed by atoms with E-state index in [0.717, 1.165) is 25.7 Å². The van der Waals surface area contributed by atoms with Crippen LogP contribution >= 0.6 is 0 Å². The summed E-state index contributed by atoms with van der Waals surface area (Å²) in [6.45, 7) is 7.70. The second kappa shape index (κ2) is 5.98. The minimum absolute atomic E-state index is 0.140. The molecule has 0 unspecified atom stereocenters. The summed E-state index contributed by atoms with van der Waals surface area (Å²) in [7, 11) is 1.72. The lowest BCUT2D eigenvalue weighted by molar-refractivity contribution is -0.144. The molecule has 2 rings (SSSR count). The van der Waals surface area contributed by atoms with E-state index in [1.54, 1.807) is 11.9 Å². The zero-order valence-corrected chi connectivity index (χ0v) is 12.8. The average molecular weight is 278 g/mol. The topological polar surface area (TPSA) is 40.6 Å². The Morgan fingerprint density at radius 3 is 2.05 bits per heavy atom. The van der Waals surface area contributed by atoms with Crippen molar-refractivity contribution in [2.24, 2.45) is 5.92 Å². The van der Waals surface area contributed by atoms with Crippen LogP contribution in [-0.2, 0) is 9.59 Å². The molecule has 2 aliphatic rings. The molecule has 0 aromatic rings. The molecule has 0 spiro atoms. The maximum Gasteiger partial charge on any atom is 0.246 e. The molecule has 0 heterocycles. The molecule has 0 radical (unpaired) electrons. The molecule has 20 heavy (non-hydrogen) atoms. The maximum absolute atomic E-state index is 12.9. The van der Waals surface area contributed by atoms with Gasteiger partial charge in [0.2, 0.25) is 11.8 Å². The number of likely N-dealkylation sites (N-methyl/N-ethyl adjacent to an activating group) is 1. The lowest BCUT2D eigenvalue weighted by Gasteiger charge is -2.33. The molecule has 0 bridgehead atoms. The third-order valence-electron chi connectivity index (χ3n) is 4.10. The van der Waals surface area contributed by atoms with E-state index in [1.165, 1.54) is 6.08 Å². The van der Waals surface area contributed by atoms with Gasteiger partial charge in [0.25, 0.3) is 0 Å². The fourth-order valence-electron chi connectivity index (χ4n) is 2.70. The van der Waals surface area contributed by atoms with Crippen LogP contribution in [0.5, 0.6) is 0 Å². The Hall–Kier alpha value is -1.32. The van der Waals surface area contributed by atoms with Crippen LogP contribution in [0.15, 0.2) is 12.7 Å². The van der Waals surface area contributed by atoms with Gasteiger partial charge in [-0.3, -0.25) is 9.59 Å². The van der Waals surface area contributed by atoms with E-state index in [-0.39, 0.29) is 17.9 Å². The molecule has 0 N–H and O–H groups in total. The van der Waals surface area contributed by atoms with Crippen molar-refractivity contribution in [2.45, 2.75) is 64.1 Å². The molecule has 0 saturated heterocycles. The van der Waals surface area contributed by atoms with Crippen molar-refractivity contribution in [2.75, 3.05) is 7.05 Å². The number of nitrogens with zero attached hydrogens (tertiary/aromatic N) is 2. The van der Waals surface area contributed by atoms with E-state index in [0.29, 0.717) is 24.4 Å². The maximum atomic E-state index is 12.9. The second-order valence-corrected chi connectivity index (χ2v) is 6.51. The summed E-state index contributed by atoms with van der Waals surface area (Å²) in [5, 5.41) is 0. The van der Waals surface area contributed by atoms with E-state index in [9.17, 15) is 9.59 Å². The van der Waals surface area contributed by atoms with Crippen LogP contribution in [0.3, 0.4) is 0 Å². The van der Waals surface area contributed by atoms with Crippen molar-refractivity contribution in [3.63, 3.8) is 0 Å². The molecular weight excluding hydrogens is 252 g/mol. The first-order chi connectivity index (χ1) is 9.45. The van der Waals surface area contributed by atoms with Gasteiger partial charge in [0.1, 0.15) is 6.04 Å². The molecule has 0 aromatic heterocycles. The van der Waals surface area contributed by atoms with Crippen molar-refractivity contribution in [1.29, 1.82) is 0 Å². The van der Waals surface area contributed by atoms with Gasteiger partial charge in [-0.25, -0.2) is 0 Å². The highest BCUT2D eigenvalue weighted by Crippen LogP contribution is 2.38. The summed E-state index contributed by atoms with van der Waals surface area (Å²) in [4.78, 5) is 28.4. The Kier molecular flexibility index (Phi) is 4.51. The van der Waals surface area contributed by atoms with E-state index in [4.69, 9.17) is 0 Å². The van der Waals surface area contributed by atoms with E-state index < -0.39 is 0 Å². The largest absolute Gasteiger partial charge is 0.335 e. The van der Waals surface area contributed by atoms with Crippen molar-refractivity contribution < 1.29 is 9.59 Å². The Morgan fingerprint density at radius 1 is 1.20 bits per heavy atom. The van der Waals surface area contributed by atoms with Gasteiger partial charge in [0, 0.05) is 19.1 Å². The highest BCUT2D eigenvalue weighted by Gasteiger charge is 2.45. The van der Waals surface area contributed by atoms with Crippen molar-refractivity contribution in [1.82, 2.24) is 9.80 Å². The first-order valence-electron chi connectivity index (χ1n) is 7.67. The summed E-state index contributed by atoms with van der Waals surface area (Å²) < 4.78 is 0. The second-order valence-electron chi connectivity index (χ2n) is 6.51.